The summed E-state index contributed by atoms with van der Waals surface area (Å²) >= 11 is 2.97. The number of thiophene rings is 2. The van der Waals surface area contributed by atoms with Crippen LogP contribution in [0.1, 0.15) is 17.3 Å². The van der Waals surface area contributed by atoms with Crippen LogP contribution in [0.5, 0.6) is 5.75 Å². The fourth-order valence-corrected chi connectivity index (χ4v) is 3.12. The van der Waals surface area contributed by atoms with Crippen molar-refractivity contribution in [3.8, 4) is 5.75 Å². The summed E-state index contributed by atoms with van der Waals surface area (Å²) in [6.07, 6.45) is 0. The second-order valence-corrected chi connectivity index (χ2v) is 4.51. The molecule has 1 N–H and O–H groups in total. The lowest BCUT2D eigenvalue weighted by Gasteiger charge is -1.88. The number of ketones is 1. The smallest absolute Gasteiger partial charge is 0.161 e. The predicted octanol–water partition coefficient (Wildman–Crippen LogP) is 2.87. The average Bonchev–Trinajstić information content (AvgIpc) is 2.53. The zero-order valence-corrected chi connectivity index (χ0v) is 7.96. The maximum atomic E-state index is 11.1. The number of aromatic hydroxyl groups is 1. The van der Waals surface area contributed by atoms with Gasteiger partial charge in [0.2, 0.25) is 0 Å². The van der Waals surface area contributed by atoms with Crippen molar-refractivity contribution in [2.45, 2.75) is 6.92 Å². The highest BCUT2D eigenvalue weighted by Gasteiger charge is 2.13. The molecular formula is C8H6O2S2. The summed E-state index contributed by atoms with van der Waals surface area (Å²) in [6.45, 7) is 1.51. The standard InChI is InChI=1S/C8H6O2S2/c1-4(9)5-2-11-8-7(5)6(10)3-12-8/h2-3,10H,1H3. The van der Waals surface area contributed by atoms with Crippen molar-refractivity contribution in [3.63, 3.8) is 0 Å². The molecule has 0 aliphatic carbocycles. The maximum absolute atomic E-state index is 11.1. The maximum Gasteiger partial charge on any atom is 0.161 e. The highest BCUT2D eigenvalue weighted by atomic mass is 32.2. The van der Waals surface area contributed by atoms with E-state index in [1.165, 1.54) is 29.6 Å². The molecule has 0 saturated carbocycles. The number of Topliss-reactive ketones (excluding diaryl/α,β-unsaturated/α-hetero) is 1. The topological polar surface area (TPSA) is 37.3 Å². The summed E-state index contributed by atoms with van der Waals surface area (Å²) < 4.78 is 1.01. The van der Waals surface area contributed by atoms with Crippen molar-refractivity contribution < 1.29 is 9.90 Å². The fraction of sp³-hybridized carbons (Fsp3) is 0.125. The van der Waals surface area contributed by atoms with Crippen LogP contribution in [0.25, 0.3) is 9.40 Å². The van der Waals surface area contributed by atoms with E-state index in [4.69, 9.17) is 0 Å². The molecule has 0 radical (unpaired) electrons. The Bertz CT molecular complexity index is 439. The third kappa shape index (κ3) is 0.956. The number of carbonyl (C=O) groups excluding carboxylic acids is 1. The largest absolute Gasteiger partial charge is 0.506 e. The minimum absolute atomic E-state index is 0.00921. The average molecular weight is 198 g/mol. The Morgan fingerprint density at radius 3 is 2.75 bits per heavy atom. The normalized spacial score (nSPS) is 10.8. The first-order valence-electron chi connectivity index (χ1n) is 3.38. The molecule has 2 aromatic heterocycles. The second-order valence-electron chi connectivity index (χ2n) is 2.49. The fourth-order valence-electron chi connectivity index (χ4n) is 1.10. The van der Waals surface area contributed by atoms with Crippen molar-refractivity contribution in [2.24, 2.45) is 0 Å². The Hall–Kier alpha value is -0.870. The molecule has 0 aromatic carbocycles. The molecule has 0 aliphatic heterocycles. The van der Waals surface area contributed by atoms with E-state index in [1.807, 2.05) is 0 Å². The first-order chi connectivity index (χ1) is 5.70. The molecular weight excluding hydrogens is 192 g/mol. The molecule has 2 aromatic rings. The number of hydrogen-bond donors (Lipinski definition) is 1. The van der Waals surface area contributed by atoms with Crippen molar-refractivity contribution >= 4 is 37.9 Å². The Morgan fingerprint density at radius 1 is 1.42 bits per heavy atom. The third-order valence-electron chi connectivity index (χ3n) is 1.67. The quantitative estimate of drug-likeness (QED) is 0.715. The van der Waals surface area contributed by atoms with E-state index >= 15 is 0 Å². The zero-order chi connectivity index (χ0) is 8.72. The number of carbonyl (C=O) groups is 1. The van der Waals surface area contributed by atoms with Gasteiger partial charge >= 0.3 is 0 Å². The Morgan fingerprint density at radius 2 is 2.08 bits per heavy atom. The van der Waals surface area contributed by atoms with Gasteiger partial charge in [-0.15, -0.1) is 22.7 Å². The number of hydrogen-bond acceptors (Lipinski definition) is 4. The SMILES string of the molecule is CC(=O)c1csc2scc(O)c12. The molecule has 12 heavy (non-hydrogen) atoms. The van der Waals surface area contributed by atoms with Gasteiger partial charge in [0.25, 0.3) is 0 Å². The van der Waals surface area contributed by atoms with Gasteiger partial charge < -0.3 is 5.11 Å². The summed E-state index contributed by atoms with van der Waals surface area (Å²) in [5.41, 5.74) is 0.633. The van der Waals surface area contributed by atoms with Gasteiger partial charge in [0, 0.05) is 16.3 Å². The summed E-state index contributed by atoms with van der Waals surface area (Å²) in [5.74, 6) is 0.233. The summed E-state index contributed by atoms with van der Waals surface area (Å²) in [5, 5.41) is 13.6. The highest BCUT2D eigenvalue weighted by Crippen LogP contribution is 2.38. The predicted molar refractivity (Wildman–Crippen MR) is 51.4 cm³/mol. The highest BCUT2D eigenvalue weighted by molar-refractivity contribution is 7.37. The Balaban J connectivity index is 2.83. The second kappa shape index (κ2) is 2.57. The molecule has 2 nitrogen and oxygen atoms in total. The van der Waals surface area contributed by atoms with Crippen molar-refractivity contribution in [3.05, 3.63) is 16.3 Å². The lowest BCUT2D eigenvalue weighted by atomic mass is 10.2. The van der Waals surface area contributed by atoms with Crippen LogP contribution in [0.4, 0.5) is 0 Å². The van der Waals surface area contributed by atoms with Gasteiger partial charge in [0.1, 0.15) is 5.75 Å². The van der Waals surface area contributed by atoms with E-state index < -0.39 is 0 Å². The summed E-state index contributed by atoms with van der Waals surface area (Å²) in [6, 6.07) is 0. The van der Waals surface area contributed by atoms with E-state index in [0.717, 1.165) is 9.40 Å². The number of fused-ring (bicyclic) bond motifs is 1. The van der Waals surface area contributed by atoms with Gasteiger partial charge in [-0.05, 0) is 6.92 Å². The van der Waals surface area contributed by atoms with E-state index in [0.29, 0.717) is 5.56 Å². The molecule has 0 bridgehead atoms. The lowest BCUT2D eigenvalue weighted by Crippen LogP contribution is -1.87. The van der Waals surface area contributed by atoms with Gasteiger partial charge in [-0.1, -0.05) is 0 Å². The van der Waals surface area contributed by atoms with E-state index in [9.17, 15) is 9.90 Å². The molecule has 0 atom stereocenters. The van der Waals surface area contributed by atoms with E-state index in [1.54, 1.807) is 10.8 Å². The minimum Gasteiger partial charge on any atom is -0.506 e. The van der Waals surface area contributed by atoms with Gasteiger partial charge in [-0.25, -0.2) is 0 Å². The zero-order valence-electron chi connectivity index (χ0n) is 6.33. The van der Waals surface area contributed by atoms with Crippen LogP contribution >= 0.6 is 22.7 Å². The minimum atomic E-state index is 0.00921. The van der Waals surface area contributed by atoms with E-state index in [2.05, 4.69) is 0 Å². The molecule has 0 spiro atoms. The van der Waals surface area contributed by atoms with Crippen LogP contribution in [-0.4, -0.2) is 10.9 Å². The van der Waals surface area contributed by atoms with Crippen molar-refractivity contribution in [2.75, 3.05) is 0 Å². The van der Waals surface area contributed by atoms with Gasteiger partial charge in [0.15, 0.2) is 5.78 Å². The molecule has 62 valence electrons. The van der Waals surface area contributed by atoms with Crippen molar-refractivity contribution in [1.29, 1.82) is 0 Å². The monoisotopic (exact) mass is 198 g/mol. The first-order valence-corrected chi connectivity index (χ1v) is 5.14. The molecule has 0 unspecified atom stereocenters. The van der Waals surface area contributed by atoms with Crippen LogP contribution in [-0.2, 0) is 0 Å². The van der Waals surface area contributed by atoms with Crippen LogP contribution in [0, 0.1) is 0 Å². The van der Waals surface area contributed by atoms with E-state index in [-0.39, 0.29) is 11.5 Å². The molecule has 0 amide bonds. The molecule has 0 saturated heterocycles. The lowest BCUT2D eigenvalue weighted by molar-refractivity contribution is 0.101. The van der Waals surface area contributed by atoms with Crippen LogP contribution in [0.15, 0.2) is 10.8 Å². The Labute approximate surface area is 77.1 Å². The molecule has 4 heteroatoms. The van der Waals surface area contributed by atoms with Gasteiger partial charge in [0.05, 0.1) is 9.40 Å². The van der Waals surface area contributed by atoms with Crippen LogP contribution in [0.2, 0.25) is 0 Å². The molecule has 2 rings (SSSR count). The summed E-state index contributed by atoms with van der Waals surface area (Å²) in [7, 11) is 0. The Kier molecular flexibility index (Phi) is 1.66. The number of rotatable bonds is 1. The first kappa shape index (κ1) is 7.76. The van der Waals surface area contributed by atoms with Crippen LogP contribution in [0.3, 0.4) is 0 Å². The third-order valence-corrected chi connectivity index (χ3v) is 3.78. The van der Waals surface area contributed by atoms with Gasteiger partial charge in [-0.3, -0.25) is 4.79 Å². The van der Waals surface area contributed by atoms with Crippen LogP contribution < -0.4 is 0 Å². The molecule has 2 heterocycles. The molecule has 0 aliphatic rings. The van der Waals surface area contributed by atoms with Gasteiger partial charge in [-0.2, -0.15) is 0 Å². The van der Waals surface area contributed by atoms with Crippen molar-refractivity contribution in [1.82, 2.24) is 0 Å². The molecule has 0 fully saturated rings. The summed E-state index contributed by atoms with van der Waals surface area (Å²) in [4.78, 5) is 11.1.